The lowest BCUT2D eigenvalue weighted by atomic mass is 9.99. The second kappa shape index (κ2) is 7.51. The van der Waals surface area contributed by atoms with Crippen molar-refractivity contribution in [3.63, 3.8) is 0 Å². The summed E-state index contributed by atoms with van der Waals surface area (Å²) in [5.41, 5.74) is 8.02. The minimum Gasteiger partial charge on any atom is -0.493 e. The predicted octanol–water partition coefficient (Wildman–Crippen LogP) is 2.43. The quantitative estimate of drug-likeness (QED) is 0.533. The lowest BCUT2D eigenvalue weighted by Crippen LogP contribution is -2.30. The second-order valence-corrected chi connectivity index (χ2v) is 7.10. The van der Waals surface area contributed by atoms with Gasteiger partial charge in [0.1, 0.15) is 17.0 Å². The fourth-order valence-corrected chi connectivity index (χ4v) is 3.54. The Morgan fingerprint density at radius 1 is 1.17 bits per heavy atom. The van der Waals surface area contributed by atoms with Crippen molar-refractivity contribution in [2.45, 2.75) is 12.8 Å². The maximum atomic E-state index is 5.99. The summed E-state index contributed by atoms with van der Waals surface area (Å²) in [5, 5.41) is 11.9. The van der Waals surface area contributed by atoms with Crippen LogP contribution in [0.2, 0.25) is 0 Å². The number of hydrogen-bond acceptors (Lipinski definition) is 8. The number of anilines is 1. The van der Waals surface area contributed by atoms with Crippen molar-refractivity contribution in [1.29, 1.82) is 0 Å². The summed E-state index contributed by atoms with van der Waals surface area (Å²) >= 11 is 0. The average molecular weight is 391 g/mol. The Bertz CT molecular complexity index is 1120. The van der Waals surface area contributed by atoms with E-state index in [0.717, 1.165) is 49.3 Å². The summed E-state index contributed by atoms with van der Waals surface area (Å²) in [5.74, 6) is 2.65. The predicted molar refractivity (Wildman–Crippen MR) is 108 cm³/mol. The van der Waals surface area contributed by atoms with Gasteiger partial charge in [-0.05, 0) is 56.1 Å². The summed E-state index contributed by atoms with van der Waals surface area (Å²) in [6.07, 6.45) is 3.88. The Hall–Kier alpha value is -3.46. The van der Waals surface area contributed by atoms with E-state index in [2.05, 4.69) is 25.6 Å². The zero-order valence-corrected chi connectivity index (χ0v) is 15.8. The van der Waals surface area contributed by atoms with Crippen LogP contribution >= 0.6 is 0 Å². The van der Waals surface area contributed by atoms with Crippen molar-refractivity contribution in [3.05, 3.63) is 42.7 Å². The van der Waals surface area contributed by atoms with Gasteiger partial charge in [0.05, 0.1) is 18.4 Å². The van der Waals surface area contributed by atoms with Gasteiger partial charge in [-0.1, -0.05) is 5.21 Å². The van der Waals surface area contributed by atoms with Crippen LogP contribution in [-0.4, -0.2) is 44.7 Å². The molecule has 1 fully saturated rings. The van der Waals surface area contributed by atoms with E-state index in [9.17, 15) is 0 Å². The minimum atomic E-state index is 0.138. The third kappa shape index (κ3) is 3.64. The first kappa shape index (κ1) is 17.6. The highest BCUT2D eigenvalue weighted by molar-refractivity contribution is 5.77. The van der Waals surface area contributed by atoms with Gasteiger partial charge >= 0.3 is 0 Å². The molecule has 0 unspecified atom stereocenters. The van der Waals surface area contributed by atoms with E-state index in [1.54, 1.807) is 23.1 Å². The maximum Gasteiger partial charge on any atom is 0.222 e. The van der Waals surface area contributed by atoms with Crippen LogP contribution in [0.3, 0.4) is 0 Å². The topological polar surface area (TPSA) is 117 Å². The van der Waals surface area contributed by atoms with E-state index in [1.807, 2.05) is 24.3 Å². The van der Waals surface area contributed by atoms with Crippen LogP contribution in [0.4, 0.5) is 5.95 Å². The van der Waals surface area contributed by atoms with Gasteiger partial charge in [0.15, 0.2) is 11.6 Å². The summed E-state index contributed by atoms with van der Waals surface area (Å²) in [6.45, 7) is 2.84. The molecule has 4 heterocycles. The third-order valence-corrected chi connectivity index (χ3v) is 5.08. The number of ether oxygens (including phenoxy) is 1. The number of nitrogens with one attached hydrogen (secondary N) is 1. The molecular weight excluding hydrogens is 370 g/mol. The molecule has 0 atom stereocenters. The minimum absolute atomic E-state index is 0.138. The zero-order valence-electron chi connectivity index (χ0n) is 15.8. The molecule has 9 heteroatoms. The second-order valence-electron chi connectivity index (χ2n) is 7.10. The first-order chi connectivity index (χ1) is 14.3. The van der Waals surface area contributed by atoms with Crippen molar-refractivity contribution >= 4 is 17.0 Å². The zero-order chi connectivity index (χ0) is 19.6. The Balaban J connectivity index is 1.41. The molecule has 1 aliphatic rings. The summed E-state index contributed by atoms with van der Waals surface area (Å²) in [6, 6.07) is 11.1. The molecule has 1 aromatic carbocycles. The number of hydrogen-bond donors (Lipinski definition) is 2. The highest BCUT2D eigenvalue weighted by Gasteiger charge is 2.15. The smallest absolute Gasteiger partial charge is 0.222 e. The number of furan rings is 1. The van der Waals surface area contributed by atoms with E-state index in [0.29, 0.717) is 23.2 Å². The Morgan fingerprint density at radius 3 is 2.90 bits per heavy atom. The normalized spacial score (nSPS) is 15.0. The van der Waals surface area contributed by atoms with Crippen LogP contribution in [0.25, 0.3) is 28.3 Å². The first-order valence-electron chi connectivity index (χ1n) is 9.64. The highest BCUT2D eigenvalue weighted by atomic mass is 16.5. The van der Waals surface area contributed by atoms with Crippen LogP contribution in [0.15, 0.2) is 47.1 Å². The van der Waals surface area contributed by atoms with E-state index in [4.69, 9.17) is 14.9 Å². The largest absolute Gasteiger partial charge is 0.493 e. The number of nitrogens with two attached hydrogens (primary N) is 1. The van der Waals surface area contributed by atoms with Crippen molar-refractivity contribution in [2.75, 3.05) is 25.4 Å². The van der Waals surface area contributed by atoms with Crippen molar-refractivity contribution in [1.82, 2.24) is 30.3 Å². The van der Waals surface area contributed by atoms with Crippen LogP contribution in [0.5, 0.6) is 5.75 Å². The fraction of sp³-hybridized carbons (Fsp3) is 0.300. The molecule has 29 heavy (non-hydrogen) atoms. The molecule has 3 aromatic heterocycles. The van der Waals surface area contributed by atoms with Gasteiger partial charge in [-0.15, -0.1) is 5.10 Å². The fourth-order valence-electron chi connectivity index (χ4n) is 3.54. The first-order valence-corrected chi connectivity index (χ1v) is 9.64. The molecule has 3 N–H and O–H groups in total. The number of nitrogen functional groups attached to an aromatic ring is 1. The number of aromatic nitrogens is 5. The van der Waals surface area contributed by atoms with Gasteiger partial charge < -0.3 is 20.2 Å². The van der Waals surface area contributed by atoms with Gasteiger partial charge in [-0.3, -0.25) is 0 Å². The molecule has 4 aromatic rings. The Morgan fingerprint density at radius 2 is 2.07 bits per heavy atom. The summed E-state index contributed by atoms with van der Waals surface area (Å²) in [7, 11) is 0. The number of piperidine rings is 1. The van der Waals surface area contributed by atoms with Crippen LogP contribution in [-0.2, 0) is 0 Å². The maximum absolute atomic E-state index is 5.99. The van der Waals surface area contributed by atoms with Crippen LogP contribution < -0.4 is 15.8 Å². The van der Waals surface area contributed by atoms with E-state index in [1.165, 1.54) is 0 Å². The van der Waals surface area contributed by atoms with Crippen molar-refractivity contribution in [3.8, 4) is 23.0 Å². The van der Waals surface area contributed by atoms with Crippen molar-refractivity contribution in [2.24, 2.45) is 5.92 Å². The molecule has 0 radical (unpaired) electrons. The monoisotopic (exact) mass is 391 g/mol. The van der Waals surface area contributed by atoms with Crippen LogP contribution in [0.1, 0.15) is 12.8 Å². The van der Waals surface area contributed by atoms with Gasteiger partial charge in [-0.2, -0.15) is 9.67 Å². The van der Waals surface area contributed by atoms with Gasteiger partial charge in [0.2, 0.25) is 5.95 Å². The van der Waals surface area contributed by atoms with Crippen molar-refractivity contribution < 1.29 is 9.15 Å². The highest BCUT2D eigenvalue weighted by Crippen LogP contribution is 2.25. The van der Waals surface area contributed by atoms with Gasteiger partial charge in [0.25, 0.3) is 0 Å². The summed E-state index contributed by atoms with van der Waals surface area (Å²) in [4.78, 5) is 8.54. The Labute approximate surface area is 166 Å². The standard InChI is InChI=1S/C20H21N7O2/c21-20-23-16(18-2-1-9-28-18)11-19(24-20)27-17-4-3-14(10-15(17)25-26-27)29-12-13-5-7-22-8-6-13/h1-4,9-11,13,22H,5-8,12H2,(H2,21,23,24). The lowest BCUT2D eigenvalue weighted by Gasteiger charge is -2.22. The third-order valence-electron chi connectivity index (χ3n) is 5.08. The van der Waals surface area contributed by atoms with Gasteiger partial charge in [0, 0.05) is 12.1 Å². The van der Waals surface area contributed by atoms with Crippen LogP contribution in [0, 0.1) is 5.92 Å². The molecule has 1 aliphatic heterocycles. The summed E-state index contributed by atoms with van der Waals surface area (Å²) < 4.78 is 13.0. The molecular formula is C20H21N7O2. The number of rotatable bonds is 5. The molecule has 9 nitrogen and oxygen atoms in total. The molecule has 0 aliphatic carbocycles. The van der Waals surface area contributed by atoms with E-state index in [-0.39, 0.29) is 5.95 Å². The molecule has 0 bridgehead atoms. The van der Waals surface area contributed by atoms with Gasteiger partial charge in [-0.25, -0.2) is 4.98 Å². The Kier molecular flexibility index (Phi) is 4.57. The number of nitrogens with zero attached hydrogens (tertiary/aromatic N) is 5. The number of fused-ring (bicyclic) bond motifs is 1. The molecule has 0 amide bonds. The average Bonchev–Trinajstić information content (AvgIpc) is 3.42. The molecule has 0 spiro atoms. The molecule has 1 saturated heterocycles. The SMILES string of the molecule is Nc1nc(-c2ccco2)cc(-n2nnc3cc(OCC4CCNCC4)ccc32)n1. The van der Waals surface area contributed by atoms with E-state index >= 15 is 0 Å². The van der Waals surface area contributed by atoms with E-state index < -0.39 is 0 Å². The molecule has 5 rings (SSSR count). The molecule has 0 saturated carbocycles. The number of benzene rings is 1. The molecule has 148 valence electrons. The lowest BCUT2D eigenvalue weighted by molar-refractivity contribution is 0.215.